The van der Waals surface area contributed by atoms with Gasteiger partial charge in [-0.1, -0.05) is 6.92 Å². The molecule has 1 heterocycles. The average Bonchev–Trinajstić information content (AvgIpc) is 2.65. The van der Waals surface area contributed by atoms with Crippen LogP contribution in [0.3, 0.4) is 0 Å². The van der Waals surface area contributed by atoms with Crippen LogP contribution in [0.2, 0.25) is 0 Å². The van der Waals surface area contributed by atoms with Crippen molar-refractivity contribution < 1.29 is 4.74 Å². The molecule has 1 aromatic heterocycles. The van der Waals surface area contributed by atoms with E-state index in [1.807, 2.05) is 6.92 Å². The smallest absolute Gasteiger partial charge is 0.119 e. The van der Waals surface area contributed by atoms with Gasteiger partial charge in [0.15, 0.2) is 0 Å². The van der Waals surface area contributed by atoms with Gasteiger partial charge >= 0.3 is 0 Å². The second-order valence-corrected chi connectivity index (χ2v) is 4.09. The molecular formula is C10H18N2OS. The minimum Gasteiger partial charge on any atom is -0.375 e. The second-order valence-electron chi connectivity index (χ2n) is 3.14. The van der Waals surface area contributed by atoms with E-state index >= 15 is 0 Å². The van der Waals surface area contributed by atoms with Crippen molar-refractivity contribution >= 4 is 11.3 Å². The summed E-state index contributed by atoms with van der Waals surface area (Å²) >= 11 is 1.66. The Bertz CT molecular complexity index is 258. The van der Waals surface area contributed by atoms with Crippen LogP contribution in [0.5, 0.6) is 0 Å². The highest BCUT2D eigenvalue weighted by Gasteiger charge is 2.11. The van der Waals surface area contributed by atoms with Gasteiger partial charge in [-0.15, -0.1) is 11.3 Å². The Balaban J connectivity index is 2.57. The average molecular weight is 214 g/mol. The summed E-state index contributed by atoms with van der Waals surface area (Å²) in [7, 11) is 0. The number of nitrogens with zero attached hydrogens (tertiary/aromatic N) is 1. The third-order valence-electron chi connectivity index (χ3n) is 2.19. The molecule has 1 aromatic rings. The van der Waals surface area contributed by atoms with Crippen molar-refractivity contribution in [2.24, 2.45) is 5.73 Å². The first kappa shape index (κ1) is 11.6. The van der Waals surface area contributed by atoms with Gasteiger partial charge in [0.1, 0.15) is 5.01 Å². The van der Waals surface area contributed by atoms with Gasteiger partial charge in [0.05, 0.1) is 12.3 Å². The molecule has 1 rings (SSSR count). The second kappa shape index (κ2) is 6.11. The van der Waals surface area contributed by atoms with Crippen LogP contribution in [0.4, 0.5) is 0 Å². The van der Waals surface area contributed by atoms with Crippen LogP contribution < -0.4 is 5.73 Å². The van der Waals surface area contributed by atoms with E-state index in [9.17, 15) is 0 Å². The van der Waals surface area contributed by atoms with E-state index in [0.29, 0.717) is 19.1 Å². The molecule has 0 aromatic carbocycles. The molecule has 0 spiro atoms. The largest absolute Gasteiger partial charge is 0.375 e. The monoisotopic (exact) mass is 214 g/mol. The van der Waals surface area contributed by atoms with Crippen LogP contribution in [0.15, 0.2) is 5.38 Å². The van der Waals surface area contributed by atoms with Gasteiger partial charge < -0.3 is 10.5 Å². The number of thiazole rings is 1. The molecule has 0 amide bonds. The van der Waals surface area contributed by atoms with E-state index in [4.69, 9.17) is 10.5 Å². The summed E-state index contributed by atoms with van der Waals surface area (Å²) in [5.74, 6) is 0.404. The Morgan fingerprint density at radius 3 is 2.93 bits per heavy atom. The summed E-state index contributed by atoms with van der Waals surface area (Å²) in [4.78, 5) is 4.50. The first-order chi connectivity index (χ1) is 6.81. The van der Waals surface area contributed by atoms with E-state index in [2.05, 4.69) is 17.3 Å². The summed E-state index contributed by atoms with van der Waals surface area (Å²) in [5.41, 5.74) is 6.78. The zero-order valence-electron chi connectivity index (χ0n) is 8.82. The van der Waals surface area contributed by atoms with Crippen LogP contribution in [-0.4, -0.2) is 18.1 Å². The summed E-state index contributed by atoms with van der Waals surface area (Å²) in [5, 5.41) is 3.14. The van der Waals surface area contributed by atoms with Crippen molar-refractivity contribution in [1.29, 1.82) is 0 Å². The minimum absolute atomic E-state index is 0.404. The minimum atomic E-state index is 0.404. The quantitative estimate of drug-likeness (QED) is 0.789. The predicted molar refractivity (Wildman–Crippen MR) is 59.5 cm³/mol. The topological polar surface area (TPSA) is 48.1 Å². The lowest BCUT2D eigenvalue weighted by atomic mass is 10.0. The lowest BCUT2D eigenvalue weighted by Crippen LogP contribution is -2.11. The van der Waals surface area contributed by atoms with Gasteiger partial charge in [-0.05, 0) is 13.3 Å². The van der Waals surface area contributed by atoms with Crippen molar-refractivity contribution in [2.45, 2.75) is 32.8 Å². The maximum Gasteiger partial charge on any atom is 0.119 e. The lowest BCUT2D eigenvalue weighted by molar-refractivity contribution is 0.133. The first-order valence-electron chi connectivity index (χ1n) is 5.03. The Hall–Kier alpha value is -0.450. The van der Waals surface area contributed by atoms with Crippen molar-refractivity contribution in [3.8, 4) is 0 Å². The maximum atomic E-state index is 5.66. The molecule has 80 valence electrons. The Kier molecular flexibility index (Phi) is 5.07. The zero-order chi connectivity index (χ0) is 10.4. The fourth-order valence-electron chi connectivity index (χ4n) is 1.26. The SMILES string of the molecule is CCOCc1nc(C(CC)CN)cs1. The number of hydrogen-bond donors (Lipinski definition) is 1. The number of nitrogens with two attached hydrogens (primary N) is 1. The summed E-state index contributed by atoms with van der Waals surface area (Å²) in [6.45, 7) is 6.17. The van der Waals surface area contributed by atoms with Crippen LogP contribution >= 0.6 is 11.3 Å². The summed E-state index contributed by atoms with van der Waals surface area (Å²) in [6, 6.07) is 0. The molecule has 2 N–H and O–H groups in total. The van der Waals surface area contributed by atoms with E-state index in [0.717, 1.165) is 23.7 Å². The molecule has 14 heavy (non-hydrogen) atoms. The molecule has 0 aliphatic carbocycles. The van der Waals surface area contributed by atoms with E-state index in [-0.39, 0.29) is 0 Å². The van der Waals surface area contributed by atoms with Crippen molar-refractivity contribution in [3.63, 3.8) is 0 Å². The molecule has 0 radical (unpaired) electrons. The number of ether oxygens (including phenoxy) is 1. The summed E-state index contributed by atoms with van der Waals surface area (Å²) in [6.07, 6.45) is 1.05. The number of aromatic nitrogens is 1. The van der Waals surface area contributed by atoms with E-state index in [1.54, 1.807) is 11.3 Å². The molecule has 1 unspecified atom stereocenters. The van der Waals surface area contributed by atoms with Crippen LogP contribution in [0, 0.1) is 0 Å². The predicted octanol–water partition coefficient (Wildman–Crippen LogP) is 2.13. The number of rotatable bonds is 6. The maximum absolute atomic E-state index is 5.66. The standard InChI is InChI=1S/C10H18N2OS/c1-3-8(5-11)9-7-14-10(12-9)6-13-4-2/h7-8H,3-6,11H2,1-2H3. The fraction of sp³-hybridized carbons (Fsp3) is 0.700. The van der Waals surface area contributed by atoms with Crippen molar-refractivity contribution in [2.75, 3.05) is 13.2 Å². The van der Waals surface area contributed by atoms with E-state index in [1.165, 1.54) is 0 Å². The van der Waals surface area contributed by atoms with Crippen LogP contribution in [0.1, 0.15) is 36.9 Å². The molecule has 0 bridgehead atoms. The highest BCUT2D eigenvalue weighted by atomic mass is 32.1. The molecular weight excluding hydrogens is 196 g/mol. The van der Waals surface area contributed by atoms with Gasteiger partial charge in [-0.25, -0.2) is 4.98 Å². The lowest BCUT2D eigenvalue weighted by Gasteiger charge is -2.07. The third kappa shape index (κ3) is 3.04. The summed E-state index contributed by atoms with van der Waals surface area (Å²) < 4.78 is 5.30. The first-order valence-corrected chi connectivity index (χ1v) is 5.91. The molecule has 0 saturated carbocycles. The normalized spacial score (nSPS) is 13.1. The zero-order valence-corrected chi connectivity index (χ0v) is 9.64. The van der Waals surface area contributed by atoms with Crippen LogP contribution in [-0.2, 0) is 11.3 Å². The van der Waals surface area contributed by atoms with Gasteiger partial charge in [-0.2, -0.15) is 0 Å². The van der Waals surface area contributed by atoms with Gasteiger partial charge in [-0.3, -0.25) is 0 Å². The van der Waals surface area contributed by atoms with E-state index < -0.39 is 0 Å². The van der Waals surface area contributed by atoms with Gasteiger partial charge in [0, 0.05) is 24.4 Å². The van der Waals surface area contributed by atoms with Crippen molar-refractivity contribution in [3.05, 3.63) is 16.1 Å². The highest BCUT2D eigenvalue weighted by molar-refractivity contribution is 7.09. The molecule has 0 aliphatic rings. The fourth-order valence-corrected chi connectivity index (χ4v) is 2.08. The molecule has 3 nitrogen and oxygen atoms in total. The molecule has 0 aliphatic heterocycles. The van der Waals surface area contributed by atoms with Gasteiger partial charge in [0.25, 0.3) is 0 Å². The molecule has 1 atom stereocenters. The van der Waals surface area contributed by atoms with Gasteiger partial charge in [0.2, 0.25) is 0 Å². The Morgan fingerprint density at radius 1 is 1.57 bits per heavy atom. The Labute approximate surface area is 89.3 Å². The molecule has 0 fully saturated rings. The van der Waals surface area contributed by atoms with Crippen molar-refractivity contribution in [1.82, 2.24) is 4.98 Å². The third-order valence-corrected chi connectivity index (χ3v) is 3.04. The molecule has 4 heteroatoms. The highest BCUT2D eigenvalue weighted by Crippen LogP contribution is 2.20. The number of hydrogen-bond acceptors (Lipinski definition) is 4. The molecule has 0 saturated heterocycles. The van der Waals surface area contributed by atoms with Crippen LogP contribution in [0.25, 0.3) is 0 Å². The Morgan fingerprint density at radius 2 is 2.36 bits per heavy atom.